The molecule has 104 valence electrons. The normalized spacial score (nSPS) is 33.3. The number of hydrogen-bond acceptors (Lipinski definition) is 2. The maximum Gasteiger partial charge on any atom is 0.137 e. The fourth-order valence-electron chi connectivity index (χ4n) is 3.83. The highest BCUT2D eigenvalue weighted by atomic mass is 16.1. The number of Topliss-reactive ketones (excluding diaryl/α,β-unsaturated/α-hetero) is 1. The van der Waals surface area contributed by atoms with E-state index in [0.717, 1.165) is 31.7 Å². The molecule has 1 heterocycles. The zero-order chi connectivity index (χ0) is 13.3. The number of carbonyl (C=O) groups is 1. The minimum atomic E-state index is 0.299. The Kier molecular flexibility index (Phi) is 4.15. The van der Waals surface area contributed by atoms with Crippen molar-refractivity contribution in [3.8, 4) is 0 Å². The summed E-state index contributed by atoms with van der Waals surface area (Å²) < 4.78 is 0. The molecule has 1 aliphatic carbocycles. The largest absolute Gasteiger partial charge is 0.299 e. The summed E-state index contributed by atoms with van der Waals surface area (Å²) in [5.41, 5.74) is 0.367. The predicted molar refractivity (Wildman–Crippen MR) is 75.6 cm³/mol. The van der Waals surface area contributed by atoms with Gasteiger partial charge in [-0.05, 0) is 43.6 Å². The van der Waals surface area contributed by atoms with Crippen LogP contribution in [0.5, 0.6) is 0 Å². The van der Waals surface area contributed by atoms with Gasteiger partial charge in [-0.2, -0.15) is 0 Å². The first-order valence-corrected chi connectivity index (χ1v) is 7.66. The molecule has 0 amide bonds. The Morgan fingerprint density at radius 3 is 2.78 bits per heavy atom. The summed E-state index contributed by atoms with van der Waals surface area (Å²) in [5.74, 6) is 1.54. The minimum Gasteiger partial charge on any atom is -0.299 e. The van der Waals surface area contributed by atoms with E-state index in [1.54, 1.807) is 0 Å². The lowest BCUT2D eigenvalue weighted by molar-refractivity contribution is -0.128. The van der Waals surface area contributed by atoms with Crippen LogP contribution in [0.2, 0.25) is 0 Å². The van der Waals surface area contributed by atoms with Crippen molar-refractivity contribution in [2.24, 2.45) is 17.3 Å². The summed E-state index contributed by atoms with van der Waals surface area (Å²) in [6.45, 7) is 11.5. The second-order valence-corrected chi connectivity index (χ2v) is 7.48. The van der Waals surface area contributed by atoms with Crippen LogP contribution in [0.4, 0.5) is 0 Å². The molecule has 1 saturated carbocycles. The number of ketones is 1. The molecule has 18 heavy (non-hydrogen) atoms. The number of nitrogens with zero attached hydrogens (tertiary/aromatic N) is 1. The van der Waals surface area contributed by atoms with Crippen LogP contribution in [-0.2, 0) is 4.79 Å². The molecule has 0 aromatic heterocycles. The second kappa shape index (κ2) is 5.32. The van der Waals surface area contributed by atoms with Crippen molar-refractivity contribution < 1.29 is 4.79 Å². The molecule has 0 aromatic rings. The summed E-state index contributed by atoms with van der Waals surface area (Å²) in [6, 6.07) is 0.711. The van der Waals surface area contributed by atoms with Gasteiger partial charge in [0.1, 0.15) is 5.78 Å². The van der Waals surface area contributed by atoms with E-state index in [0.29, 0.717) is 23.2 Å². The zero-order valence-electron chi connectivity index (χ0n) is 12.5. The van der Waals surface area contributed by atoms with Gasteiger partial charge in [-0.25, -0.2) is 0 Å². The van der Waals surface area contributed by atoms with Crippen molar-refractivity contribution in [1.29, 1.82) is 0 Å². The molecule has 2 unspecified atom stereocenters. The molecular weight excluding hydrogens is 222 g/mol. The van der Waals surface area contributed by atoms with Crippen molar-refractivity contribution in [3.05, 3.63) is 0 Å². The van der Waals surface area contributed by atoms with Gasteiger partial charge in [-0.3, -0.25) is 9.69 Å². The van der Waals surface area contributed by atoms with E-state index in [1.807, 2.05) is 0 Å². The van der Waals surface area contributed by atoms with Crippen molar-refractivity contribution >= 4 is 5.78 Å². The second-order valence-electron chi connectivity index (χ2n) is 7.48. The molecule has 1 saturated heterocycles. The Labute approximate surface area is 112 Å². The van der Waals surface area contributed by atoms with Gasteiger partial charge in [0.15, 0.2) is 0 Å². The Hall–Kier alpha value is -0.370. The average molecular weight is 251 g/mol. The quantitative estimate of drug-likeness (QED) is 0.765. The van der Waals surface area contributed by atoms with E-state index in [2.05, 4.69) is 32.6 Å². The molecular formula is C16H29NO. The van der Waals surface area contributed by atoms with Crippen molar-refractivity contribution in [1.82, 2.24) is 4.90 Å². The van der Waals surface area contributed by atoms with E-state index in [9.17, 15) is 4.79 Å². The lowest BCUT2D eigenvalue weighted by Crippen LogP contribution is -2.42. The highest BCUT2D eigenvalue weighted by molar-refractivity contribution is 5.82. The lowest BCUT2D eigenvalue weighted by Gasteiger charge is -2.38. The van der Waals surface area contributed by atoms with Gasteiger partial charge in [-0.1, -0.05) is 27.7 Å². The number of carbonyl (C=O) groups excluding carboxylic acids is 1. The lowest BCUT2D eigenvalue weighted by atomic mass is 9.71. The summed E-state index contributed by atoms with van der Waals surface area (Å²) in [6.07, 6.45) is 5.61. The highest BCUT2D eigenvalue weighted by Gasteiger charge is 2.37. The summed E-state index contributed by atoms with van der Waals surface area (Å²) in [4.78, 5) is 14.7. The van der Waals surface area contributed by atoms with Crippen molar-refractivity contribution in [2.75, 3.05) is 13.1 Å². The molecule has 0 spiro atoms. The maximum absolute atomic E-state index is 12.1. The predicted octanol–water partition coefficient (Wildman–Crippen LogP) is 3.50. The van der Waals surface area contributed by atoms with Crippen LogP contribution in [0.1, 0.15) is 59.8 Å². The molecule has 0 radical (unpaired) electrons. The third-order valence-electron chi connectivity index (χ3n) is 4.94. The smallest absolute Gasteiger partial charge is 0.137 e. The van der Waals surface area contributed by atoms with E-state index in [-0.39, 0.29) is 0 Å². The minimum absolute atomic E-state index is 0.299. The summed E-state index contributed by atoms with van der Waals surface area (Å²) in [7, 11) is 0. The third-order valence-corrected chi connectivity index (χ3v) is 4.94. The molecule has 0 aromatic carbocycles. The Morgan fingerprint density at radius 2 is 2.11 bits per heavy atom. The topological polar surface area (TPSA) is 20.3 Å². The molecule has 2 rings (SSSR count). The van der Waals surface area contributed by atoms with Gasteiger partial charge in [-0.15, -0.1) is 0 Å². The first-order valence-electron chi connectivity index (χ1n) is 7.66. The van der Waals surface area contributed by atoms with Gasteiger partial charge in [0, 0.05) is 24.9 Å². The summed E-state index contributed by atoms with van der Waals surface area (Å²) in [5, 5.41) is 0. The maximum atomic E-state index is 12.1. The summed E-state index contributed by atoms with van der Waals surface area (Å²) >= 11 is 0. The van der Waals surface area contributed by atoms with Gasteiger partial charge in [0.05, 0.1) is 0 Å². The van der Waals surface area contributed by atoms with Crippen molar-refractivity contribution in [2.45, 2.75) is 65.8 Å². The molecule has 2 aliphatic rings. The Morgan fingerprint density at radius 1 is 1.39 bits per heavy atom. The van der Waals surface area contributed by atoms with Crippen LogP contribution in [-0.4, -0.2) is 29.8 Å². The average Bonchev–Trinajstić information content (AvgIpc) is 2.71. The molecule has 2 heteroatoms. The van der Waals surface area contributed by atoms with Crippen LogP contribution in [0.15, 0.2) is 0 Å². The molecule has 0 N–H and O–H groups in total. The fraction of sp³-hybridized carbons (Fsp3) is 0.938. The van der Waals surface area contributed by atoms with Crippen molar-refractivity contribution in [3.63, 3.8) is 0 Å². The van der Waals surface area contributed by atoms with E-state index in [1.165, 1.54) is 19.4 Å². The van der Waals surface area contributed by atoms with E-state index < -0.39 is 0 Å². The van der Waals surface area contributed by atoms with E-state index in [4.69, 9.17) is 0 Å². The zero-order valence-corrected chi connectivity index (χ0v) is 12.5. The standard InChI is InChI=1S/C16H29NO/c1-12(2)14-6-5-9-17(14)11-13-10-16(3,4)8-7-15(13)18/h12-14H,5-11H2,1-4H3. The Balaban J connectivity index is 1.97. The Bertz CT molecular complexity index is 308. The number of rotatable bonds is 3. The SMILES string of the molecule is CC(C)C1CCCN1CC1CC(C)(C)CCC1=O. The van der Waals surface area contributed by atoms with Crippen LogP contribution >= 0.6 is 0 Å². The van der Waals surface area contributed by atoms with Crippen LogP contribution in [0.3, 0.4) is 0 Å². The van der Waals surface area contributed by atoms with Crippen LogP contribution in [0, 0.1) is 17.3 Å². The van der Waals surface area contributed by atoms with Gasteiger partial charge >= 0.3 is 0 Å². The highest BCUT2D eigenvalue weighted by Crippen LogP contribution is 2.38. The number of likely N-dealkylation sites (tertiary alicyclic amines) is 1. The molecule has 2 fully saturated rings. The monoisotopic (exact) mass is 251 g/mol. The van der Waals surface area contributed by atoms with Crippen LogP contribution < -0.4 is 0 Å². The molecule has 2 nitrogen and oxygen atoms in total. The van der Waals surface area contributed by atoms with E-state index >= 15 is 0 Å². The van der Waals surface area contributed by atoms with Crippen LogP contribution in [0.25, 0.3) is 0 Å². The van der Waals surface area contributed by atoms with Gasteiger partial charge in [0.2, 0.25) is 0 Å². The number of hydrogen-bond donors (Lipinski definition) is 0. The first kappa shape index (κ1) is 14.0. The first-order chi connectivity index (χ1) is 8.39. The molecule has 2 atom stereocenters. The third kappa shape index (κ3) is 3.14. The molecule has 0 bridgehead atoms. The fourth-order valence-corrected chi connectivity index (χ4v) is 3.83. The molecule has 1 aliphatic heterocycles. The van der Waals surface area contributed by atoms with Gasteiger partial charge in [0.25, 0.3) is 0 Å². The van der Waals surface area contributed by atoms with Gasteiger partial charge < -0.3 is 0 Å².